The van der Waals surface area contributed by atoms with Gasteiger partial charge in [-0.2, -0.15) is 0 Å². The van der Waals surface area contributed by atoms with Crippen LogP contribution in [0, 0.1) is 17.3 Å². The van der Waals surface area contributed by atoms with Gasteiger partial charge >= 0.3 is 0 Å². The first-order chi connectivity index (χ1) is 9.71. The SMILES string of the molecule is CC(C)COCCCN1CC(C(C)(C)C)NCC1C(C)C. The molecule has 21 heavy (non-hydrogen) atoms. The number of piperazine rings is 1. The summed E-state index contributed by atoms with van der Waals surface area (Å²) in [6, 6.07) is 1.25. The van der Waals surface area contributed by atoms with Crippen LogP contribution in [-0.4, -0.2) is 49.8 Å². The van der Waals surface area contributed by atoms with Crippen molar-refractivity contribution in [3.05, 3.63) is 0 Å². The van der Waals surface area contributed by atoms with Crippen LogP contribution in [0.1, 0.15) is 54.9 Å². The van der Waals surface area contributed by atoms with Gasteiger partial charge in [0.25, 0.3) is 0 Å². The summed E-state index contributed by atoms with van der Waals surface area (Å²) < 4.78 is 5.73. The van der Waals surface area contributed by atoms with Crippen molar-refractivity contribution in [1.29, 1.82) is 0 Å². The molecule has 1 heterocycles. The molecule has 1 aliphatic heterocycles. The van der Waals surface area contributed by atoms with E-state index in [1.165, 1.54) is 0 Å². The number of ether oxygens (including phenoxy) is 1. The van der Waals surface area contributed by atoms with E-state index >= 15 is 0 Å². The molecule has 0 aromatic carbocycles. The van der Waals surface area contributed by atoms with Crippen LogP contribution < -0.4 is 5.32 Å². The summed E-state index contributed by atoms with van der Waals surface area (Å²) in [5.41, 5.74) is 0.328. The molecular weight excluding hydrogens is 260 g/mol. The van der Waals surface area contributed by atoms with E-state index in [0.717, 1.165) is 39.3 Å². The molecule has 2 atom stereocenters. The second-order valence-electron chi connectivity index (χ2n) is 8.46. The second kappa shape index (κ2) is 8.50. The third-order valence-corrected chi connectivity index (χ3v) is 4.46. The van der Waals surface area contributed by atoms with Gasteiger partial charge < -0.3 is 10.1 Å². The molecule has 0 aromatic heterocycles. The van der Waals surface area contributed by atoms with Gasteiger partial charge in [-0.05, 0) is 23.7 Å². The lowest BCUT2D eigenvalue weighted by molar-refractivity contribution is 0.0474. The summed E-state index contributed by atoms with van der Waals surface area (Å²) in [5, 5.41) is 3.76. The van der Waals surface area contributed by atoms with Crippen LogP contribution in [-0.2, 0) is 4.74 Å². The molecule has 0 amide bonds. The van der Waals surface area contributed by atoms with Gasteiger partial charge in [0, 0.05) is 44.9 Å². The zero-order valence-corrected chi connectivity index (χ0v) is 15.4. The molecule has 126 valence electrons. The van der Waals surface area contributed by atoms with Gasteiger partial charge in [-0.25, -0.2) is 0 Å². The molecule has 1 rings (SSSR count). The fraction of sp³-hybridized carbons (Fsp3) is 1.00. The van der Waals surface area contributed by atoms with Crippen molar-refractivity contribution >= 4 is 0 Å². The molecule has 0 aliphatic carbocycles. The minimum Gasteiger partial charge on any atom is -0.381 e. The molecule has 2 unspecified atom stereocenters. The number of nitrogens with one attached hydrogen (secondary N) is 1. The molecule has 0 bridgehead atoms. The molecule has 1 fully saturated rings. The topological polar surface area (TPSA) is 24.5 Å². The maximum absolute atomic E-state index is 5.73. The third kappa shape index (κ3) is 6.66. The highest BCUT2D eigenvalue weighted by molar-refractivity contribution is 4.92. The number of rotatable bonds is 7. The minimum atomic E-state index is 0.328. The molecule has 1 aliphatic rings. The van der Waals surface area contributed by atoms with Crippen LogP contribution in [0.5, 0.6) is 0 Å². The molecule has 0 saturated carbocycles. The summed E-state index contributed by atoms with van der Waals surface area (Å²) in [6.45, 7) is 21.3. The first-order valence-electron chi connectivity index (χ1n) is 8.77. The molecule has 0 aromatic rings. The van der Waals surface area contributed by atoms with E-state index in [4.69, 9.17) is 4.74 Å². The van der Waals surface area contributed by atoms with Crippen LogP contribution >= 0.6 is 0 Å². The van der Waals surface area contributed by atoms with Crippen molar-refractivity contribution in [2.75, 3.05) is 32.8 Å². The van der Waals surface area contributed by atoms with Gasteiger partial charge in [-0.1, -0.05) is 48.5 Å². The molecule has 3 nitrogen and oxygen atoms in total. The average molecular weight is 299 g/mol. The number of hydrogen-bond acceptors (Lipinski definition) is 3. The third-order valence-electron chi connectivity index (χ3n) is 4.46. The predicted octanol–water partition coefficient (Wildman–Crippen LogP) is 3.39. The summed E-state index contributed by atoms with van der Waals surface area (Å²) in [6.07, 6.45) is 1.15. The Kier molecular flexibility index (Phi) is 7.66. The second-order valence-corrected chi connectivity index (χ2v) is 8.46. The van der Waals surface area contributed by atoms with Crippen molar-refractivity contribution in [3.63, 3.8) is 0 Å². The van der Waals surface area contributed by atoms with Gasteiger partial charge in [0.05, 0.1) is 0 Å². The standard InChI is InChI=1S/C18H38N2O/c1-14(2)13-21-10-8-9-20-12-17(18(5,6)7)19-11-16(20)15(3)4/h14-17,19H,8-13H2,1-7H3. The van der Waals surface area contributed by atoms with Crippen molar-refractivity contribution in [2.24, 2.45) is 17.3 Å². The zero-order valence-electron chi connectivity index (χ0n) is 15.4. The van der Waals surface area contributed by atoms with Crippen LogP contribution in [0.15, 0.2) is 0 Å². The molecule has 1 N–H and O–H groups in total. The maximum atomic E-state index is 5.73. The lowest BCUT2D eigenvalue weighted by atomic mass is 9.83. The van der Waals surface area contributed by atoms with Crippen LogP contribution in [0.25, 0.3) is 0 Å². The molecule has 3 heteroatoms. The smallest absolute Gasteiger partial charge is 0.0489 e. The Morgan fingerprint density at radius 2 is 1.86 bits per heavy atom. The fourth-order valence-electron chi connectivity index (χ4n) is 3.01. The van der Waals surface area contributed by atoms with Gasteiger partial charge in [-0.3, -0.25) is 4.90 Å². The Balaban J connectivity index is 2.44. The molecule has 1 saturated heterocycles. The molecular formula is C18H38N2O. The monoisotopic (exact) mass is 298 g/mol. The first-order valence-corrected chi connectivity index (χ1v) is 8.77. The normalized spacial score (nSPS) is 25.0. The average Bonchev–Trinajstić information content (AvgIpc) is 2.36. The fourth-order valence-corrected chi connectivity index (χ4v) is 3.01. The van der Waals surface area contributed by atoms with Crippen LogP contribution in [0.3, 0.4) is 0 Å². The highest BCUT2D eigenvalue weighted by Gasteiger charge is 2.34. The van der Waals surface area contributed by atoms with E-state index in [1.807, 2.05) is 0 Å². The van der Waals surface area contributed by atoms with Crippen molar-refractivity contribution in [2.45, 2.75) is 67.0 Å². The number of nitrogens with zero attached hydrogens (tertiary/aromatic N) is 1. The lowest BCUT2D eigenvalue weighted by Crippen LogP contribution is -2.61. The van der Waals surface area contributed by atoms with E-state index in [2.05, 4.69) is 58.7 Å². The Bertz CT molecular complexity index is 283. The Morgan fingerprint density at radius 1 is 1.19 bits per heavy atom. The Morgan fingerprint density at radius 3 is 2.38 bits per heavy atom. The van der Waals surface area contributed by atoms with Crippen LogP contribution in [0.2, 0.25) is 0 Å². The zero-order chi connectivity index (χ0) is 16.0. The summed E-state index contributed by atoms with van der Waals surface area (Å²) >= 11 is 0. The van der Waals surface area contributed by atoms with E-state index in [0.29, 0.717) is 29.3 Å². The summed E-state index contributed by atoms with van der Waals surface area (Å²) in [7, 11) is 0. The highest BCUT2D eigenvalue weighted by atomic mass is 16.5. The minimum absolute atomic E-state index is 0.328. The quantitative estimate of drug-likeness (QED) is 0.729. The van der Waals surface area contributed by atoms with Gasteiger partial charge in [0.1, 0.15) is 0 Å². The number of hydrogen-bond donors (Lipinski definition) is 1. The highest BCUT2D eigenvalue weighted by Crippen LogP contribution is 2.25. The van der Waals surface area contributed by atoms with Crippen molar-refractivity contribution < 1.29 is 4.74 Å². The van der Waals surface area contributed by atoms with Gasteiger partial charge in [0.15, 0.2) is 0 Å². The largest absolute Gasteiger partial charge is 0.381 e. The van der Waals surface area contributed by atoms with Crippen molar-refractivity contribution in [3.8, 4) is 0 Å². The molecule has 0 spiro atoms. The van der Waals surface area contributed by atoms with Crippen molar-refractivity contribution in [1.82, 2.24) is 10.2 Å². The molecule has 0 radical (unpaired) electrons. The van der Waals surface area contributed by atoms with Gasteiger partial charge in [-0.15, -0.1) is 0 Å². The Labute approximate surface area is 132 Å². The van der Waals surface area contributed by atoms with E-state index in [1.54, 1.807) is 0 Å². The first kappa shape index (κ1) is 18.9. The Hall–Kier alpha value is -0.120. The summed E-state index contributed by atoms with van der Waals surface area (Å²) in [4.78, 5) is 2.69. The predicted molar refractivity (Wildman–Crippen MR) is 91.7 cm³/mol. The van der Waals surface area contributed by atoms with Gasteiger partial charge in [0.2, 0.25) is 0 Å². The van der Waals surface area contributed by atoms with E-state index in [9.17, 15) is 0 Å². The van der Waals surface area contributed by atoms with E-state index in [-0.39, 0.29) is 0 Å². The maximum Gasteiger partial charge on any atom is 0.0489 e. The lowest BCUT2D eigenvalue weighted by Gasteiger charge is -2.46. The summed E-state index contributed by atoms with van der Waals surface area (Å²) in [5.74, 6) is 1.34. The van der Waals surface area contributed by atoms with Crippen LogP contribution in [0.4, 0.5) is 0 Å². The van der Waals surface area contributed by atoms with E-state index < -0.39 is 0 Å².